The summed E-state index contributed by atoms with van der Waals surface area (Å²) in [5.74, 6) is -0.297. The van der Waals surface area contributed by atoms with Crippen LogP contribution in [-0.2, 0) is 17.8 Å². The van der Waals surface area contributed by atoms with Gasteiger partial charge in [-0.3, -0.25) is 9.59 Å². The Kier molecular flexibility index (Phi) is 1.97. The summed E-state index contributed by atoms with van der Waals surface area (Å²) in [6, 6.07) is 5.95. The molecule has 0 radical (unpaired) electrons. The Bertz CT molecular complexity index is 788. The molecule has 0 saturated carbocycles. The van der Waals surface area contributed by atoms with E-state index in [0.717, 1.165) is 30.3 Å². The first-order valence-corrected chi connectivity index (χ1v) is 6.58. The van der Waals surface area contributed by atoms with E-state index in [1.165, 1.54) is 5.56 Å². The third-order valence-electron chi connectivity index (χ3n) is 4.17. The monoisotopic (exact) mass is 255 g/mol. The fraction of sp³-hybridized carbons (Fsp3) is 0.333. The fourth-order valence-electron chi connectivity index (χ4n) is 3.22. The average Bonchev–Trinajstić information content (AvgIpc) is 2.72. The Morgan fingerprint density at radius 1 is 1.32 bits per heavy atom. The third kappa shape index (κ3) is 1.23. The smallest absolute Gasteiger partial charge is 0.318 e. The maximum Gasteiger partial charge on any atom is 0.318 e. The van der Waals surface area contributed by atoms with Crippen LogP contribution in [0.15, 0.2) is 23.0 Å². The number of ether oxygens (including phenoxy) is 1. The molecule has 1 atom stereocenters. The van der Waals surface area contributed by atoms with Crippen LogP contribution in [0.25, 0.3) is 10.9 Å². The largest absolute Gasteiger partial charge is 0.425 e. The number of carbonyl (C=O) groups excluding carboxylic acids is 1. The van der Waals surface area contributed by atoms with E-state index < -0.39 is 5.92 Å². The normalized spacial score (nSPS) is 20.5. The second kappa shape index (κ2) is 3.47. The molecule has 1 unspecified atom stereocenters. The highest BCUT2D eigenvalue weighted by atomic mass is 16.5. The van der Waals surface area contributed by atoms with E-state index in [4.69, 9.17) is 4.74 Å². The van der Waals surface area contributed by atoms with Gasteiger partial charge in [0.1, 0.15) is 5.75 Å². The molecule has 2 aliphatic rings. The minimum absolute atomic E-state index is 0.0620. The number of benzene rings is 1. The SMILES string of the molecule is CC1C(=O)Oc2c1c(=O)n1c3c(cccc23)CCC1. The molecule has 4 heteroatoms. The molecule has 0 saturated heterocycles. The molecule has 0 amide bonds. The molecule has 2 aliphatic heterocycles. The minimum atomic E-state index is -0.457. The van der Waals surface area contributed by atoms with Crippen molar-refractivity contribution in [3.05, 3.63) is 39.7 Å². The van der Waals surface area contributed by atoms with Gasteiger partial charge in [-0.2, -0.15) is 0 Å². The highest BCUT2D eigenvalue weighted by molar-refractivity contribution is 5.97. The van der Waals surface area contributed by atoms with Crippen molar-refractivity contribution in [1.29, 1.82) is 0 Å². The molecule has 0 N–H and O–H groups in total. The Labute approximate surface area is 109 Å². The molecule has 1 aromatic heterocycles. The quantitative estimate of drug-likeness (QED) is 0.676. The second-order valence-electron chi connectivity index (χ2n) is 5.26. The summed E-state index contributed by atoms with van der Waals surface area (Å²) in [5, 5.41) is 0.893. The van der Waals surface area contributed by atoms with Gasteiger partial charge in [0.15, 0.2) is 0 Å². The lowest BCUT2D eigenvalue weighted by atomic mass is 9.96. The molecule has 96 valence electrons. The van der Waals surface area contributed by atoms with E-state index in [0.29, 0.717) is 11.3 Å². The number of pyridine rings is 1. The molecule has 0 bridgehead atoms. The zero-order valence-electron chi connectivity index (χ0n) is 10.6. The Morgan fingerprint density at radius 2 is 2.16 bits per heavy atom. The van der Waals surface area contributed by atoms with Gasteiger partial charge in [0.2, 0.25) is 0 Å². The number of rotatable bonds is 0. The summed E-state index contributed by atoms with van der Waals surface area (Å²) in [4.78, 5) is 24.3. The molecule has 3 heterocycles. The molecule has 2 aromatic rings. The molecular weight excluding hydrogens is 242 g/mol. The van der Waals surface area contributed by atoms with Gasteiger partial charge in [0.05, 0.1) is 17.0 Å². The number of fused-ring (bicyclic) bond motifs is 2. The maximum absolute atomic E-state index is 12.6. The number of hydrogen-bond donors (Lipinski definition) is 0. The van der Waals surface area contributed by atoms with Gasteiger partial charge >= 0.3 is 5.97 Å². The van der Waals surface area contributed by atoms with Crippen LogP contribution in [0.4, 0.5) is 0 Å². The second-order valence-corrected chi connectivity index (χ2v) is 5.26. The number of carbonyl (C=O) groups is 1. The lowest BCUT2D eigenvalue weighted by Crippen LogP contribution is -2.27. The zero-order valence-corrected chi connectivity index (χ0v) is 10.6. The van der Waals surface area contributed by atoms with E-state index in [-0.39, 0.29) is 11.5 Å². The van der Waals surface area contributed by atoms with Crippen LogP contribution in [-0.4, -0.2) is 10.5 Å². The van der Waals surface area contributed by atoms with Crippen molar-refractivity contribution >= 4 is 16.9 Å². The van der Waals surface area contributed by atoms with Crippen LogP contribution in [0.1, 0.15) is 30.4 Å². The summed E-state index contributed by atoms with van der Waals surface area (Å²) in [5.41, 5.74) is 2.57. The fourth-order valence-corrected chi connectivity index (χ4v) is 3.22. The van der Waals surface area contributed by atoms with Crippen LogP contribution in [0.2, 0.25) is 0 Å². The van der Waals surface area contributed by atoms with E-state index in [1.54, 1.807) is 6.92 Å². The zero-order chi connectivity index (χ0) is 13.1. The summed E-state index contributed by atoms with van der Waals surface area (Å²) >= 11 is 0. The van der Waals surface area contributed by atoms with E-state index in [9.17, 15) is 9.59 Å². The Hall–Kier alpha value is -2.10. The van der Waals surface area contributed by atoms with Crippen LogP contribution in [0.5, 0.6) is 5.75 Å². The van der Waals surface area contributed by atoms with Crippen LogP contribution < -0.4 is 10.3 Å². The predicted molar refractivity (Wildman–Crippen MR) is 70.6 cm³/mol. The topological polar surface area (TPSA) is 48.3 Å². The van der Waals surface area contributed by atoms with Crippen LogP contribution in [0.3, 0.4) is 0 Å². The molecule has 4 nitrogen and oxygen atoms in total. The van der Waals surface area contributed by atoms with E-state index in [1.807, 2.05) is 22.8 Å². The average molecular weight is 255 g/mol. The van der Waals surface area contributed by atoms with Crippen LogP contribution in [0, 0.1) is 0 Å². The van der Waals surface area contributed by atoms with Gasteiger partial charge in [-0.1, -0.05) is 12.1 Å². The van der Waals surface area contributed by atoms with E-state index in [2.05, 4.69) is 0 Å². The van der Waals surface area contributed by atoms with Crippen molar-refractivity contribution in [1.82, 2.24) is 4.57 Å². The van der Waals surface area contributed by atoms with Crippen molar-refractivity contribution in [2.75, 3.05) is 0 Å². The summed E-state index contributed by atoms with van der Waals surface area (Å²) in [7, 11) is 0. The summed E-state index contributed by atoms with van der Waals surface area (Å²) in [6.45, 7) is 2.46. The maximum atomic E-state index is 12.6. The standard InChI is InChI=1S/C15H13NO3/c1-8-11-13(19-15(8)18)10-6-2-4-9-5-3-7-16(12(9)10)14(11)17/h2,4,6,8H,3,5,7H2,1H3. The van der Waals surface area contributed by atoms with E-state index >= 15 is 0 Å². The number of esters is 1. The molecule has 0 fully saturated rings. The predicted octanol–water partition coefficient (Wildman–Crippen LogP) is 1.97. The molecule has 19 heavy (non-hydrogen) atoms. The molecule has 0 aliphatic carbocycles. The number of aromatic nitrogens is 1. The molecule has 1 aromatic carbocycles. The summed E-state index contributed by atoms with van der Waals surface area (Å²) < 4.78 is 7.15. The number of hydrogen-bond acceptors (Lipinski definition) is 3. The highest BCUT2D eigenvalue weighted by Gasteiger charge is 2.35. The van der Waals surface area contributed by atoms with Gasteiger partial charge in [0.25, 0.3) is 5.56 Å². The number of para-hydroxylation sites is 1. The molecule has 0 spiro atoms. The van der Waals surface area contributed by atoms with Gasteiger partial charge in [-0.15, -0.1) is 0 Å². The number of aryl methyl sites for hydroxylation is 2. The third-order valence-corrected chi connectivity index (χ3v) is 4.17. The Morgan fingerprint density at radius 3 is 3.00 bits per heavy atom. The molecule has 4 rings (SSSR count). The molecular formula is C15H13NO3. The van der Waals surface area contributed by atoms with Gasteiger partial charge in [-0.25, -0.2) is 0 Å². The highest BCUT2D eigenvalue weighted by Crippen LogP contribution is 2.39. The summed E-state index contributed by atoms with van der Waals surface area (Å²) in [6.07, 6.45) is 1.94. The first-order valence-electron chi connectivity index (χ1n) is 6.58. The van der Waals surface area contributed by atoms with Crippen molar-refractivity contribution in [2.45, 2.75) is 32.2 Å². The minimum Gasteiger partial charge on any atom is -0.425 e. The lowest BCUT2D eigenvalue weighted by molar-refractivity contribution is -0.133. The first-order chi connectivity index (χ1) is 9.18. The van der Waals surface area contributed by atoms with Gasteiger partial charge in [-0.05, 0) is 31.4 Å². The van der Waals surface area contributed by atoms with Crippen molar-refractivity contribution < 1.29 is 9.53 Å². The van der Waals surface area contributed by atoms with Crippen LogP contribution >= 0.6 is 0 Å². The first kappa shape index (κ1) is 10.8. The number of nitrogens with zero attached hydrogens (tertiary/aromatic N) is 1. The van der Waals surface area contributed by atoms with Crippen molar-refractivity contribution in [2.24, 2.45) is 0 Å². The van der Waals surface area contributed by atoms with Crippen molar-refractivity contribution in [3.63, 3.8) is 0 Å². The van der Waals surface area contributed by atoms with Gasteiger partial charge in [0, 0.05) is 11.9 Å². The lowest BCUT2D eigenvalue weighted by Gasteiger charge is -2.20. The Balaban J connectivity index is 2.24. The van der Waals surface area contributed by atoms with Gasteiger partial charge < -0.3 is 9.30 Å². The van der Waals surface area contributed by atoms with Crippen molar-refractivity contribution in [3.8, 4) is 5.75 Å².